The average Bonchev–Trinajstić information content (AvgIpc) is 3.22. The molecular formula is C14H21NO3. The van der Waals surface area contributed by atoms with Crippen LogP contribution in [-0.2, 0) is 6.61 Å². The summed E-state index contributed by atoms with van der Waals surface area (Å²) in [6.45, 7) is 1.69. The molecule has 2 rings (SSSR count). The Balaban J connectivity index is 1.76. The minimum absolute atomic E-state index is 0.0158. The van der Waals surface area contributed by atoms with Crippen LogP contribution < -0.4 is 14.8 Å². The van der Waals surface area contributed by atoms with Gasteiger partial charge >= 0.3 is 0 Å². The third-order valence-electron chi connectivity index (χ3n) is 3.00. The van der Waals surface area contributed by atoms with Crippen molar-refractivity contribution in [3.63, 3.8) is 0 Å². The van der Waals surface area contributed by atoms with Crippen LogP contribution in [0.15, 0.2) is 18.2 Å². The van der Waals surface area contributed by atoms with Crippen molar-refractivity contribution in [3.05, 3.63) is 23.8 Å². The zero-order valence-corrected chi connectivity index (χ0v) is 10.8. The SMILES string of the molecule is COc1cc(CO)ccc1OCCCNC1CC1. The summed E-state index contributed by atoms with van der Waals surface area (Å²) in [6, 6.07) is 6.25. The van der Waals surface area contributed by atoms with E-state index < -0.39 is 0 Å². The number of hydrogen-bond donors (Lipinski definition) is 2. The first-order valence-corrected chi connectivity index (χ1v) is 6.47. The molecule has 18 heavy (non-hydrogen) atoms. The first kappa shape index (κ1) is 13.2. The molecule has 2 N–H and O–H groups in total. The van der Waals surface area contributed by atoms with Gasteiger partial charge in [-0.2, -0.15) is 0 Å². The maximum Gasteiger partial charge on any atom is 0.161 e. The summed E-state index contributed by atoms with van der Waals surface area (Å²) < 4.78 is 10.9. The Hall–Kier alpha value is -1.26. The Morgan fingerprint density at radius 2 is 2.17 bits per heavy atom. The van der Waals surface area contributed by atoms with Gasteiger partial charge in [-0.05, 0) is 43.5 Å². The minimum Gasteiger partial charge on any atom is -0.493 e. The molecule has 4 heteroatoms. The molecule has 0 amide bonds. The lowest BCUT2D eigenvalue weighted by molar-refractivity contribution is 0.275. The fourth-order valence-electron chi connectivity index (χ4n) is 1.78. The molecule has 0 saturated heterocycles. The number of aliphatic hydroxyl groups excluding tert-OH is 1. The predicted molar refractivity (Wildman–Crippen MR) is 70.1 cm³/mol. The number of aliphatic hydroxyl groups is 1. The van der Waals surface area contributed by atoms with Crippen LogP contribution in [0.4, 0.5) is 0 Å². The van der Waals surface area contributed by atoms with E-state index in [-0.39, 0.29) is 6.61 Å². The Kier molecular flexibility index (Phi) is 4.84. The second-order valence-electron chi connectivity index (χ2n) is 4.57. The zero-order valence-electron chi connectivity index (χ0n) is 10.8. The molecule has 1 aromatic carbocycles. The fraction of sp³-hybridized carbons (Fsp3) is 0.571. The van der Waals surface area contributed by atoms with E-state index in [2.05, 4.69) is 5.32 Å². The van der Waals surface area contributed by atoms with Gasteiger partial charge in [0.1, 0.15) is 0 Å². The number of nitrogens with one attached hydrogen (secondary N) is 1. The monoisotopic (exact) mass is 251 g/mol. The van der Waals surface area contributed by atoms with Gasteiger partial charge in [0.25, 0.3) is 0 Å². The normalized spacial score (nSPS) is 14.6. The van der Waals surface area contributed by atoms with Crippen LogP contribution in [0.25, 0.3) is 0 Å². The van der Waals surface area contributed by atoms with Crippen molar-refractivity contribution in [1.82, 2.24) is 5.32 Å². The Morgan fingerprint density at radius 1 is 1.33 bits per heavy atom. The number of methoxy groups -OCH3 is 1. The molecule has 0 atom stereocenters. The summed E-state index contributed by atoms with van der Waals surface area (Å²) in [5.74, 6) is 1.41. The van der Waals surface area contributed by atoms with Gasteiger partial charge in [0, 0.05) is 6.04 Å². The van der Waals surface area contributed by atoms with Gasteiger partial charge in [0.05, 0.1) is 20.3 Å². The third kappa shape index (κ3) is 3.89. The van der Waals surface area contributed by atoms with Gasteiger partial charge in [-0.1, -0.05) is 6.07 Å². The third-order valence-corrected chi connectivity index (χ3v) is 3.00. The number of ether oxygens (including phenoxy) is 2. The maximum atomic E-state index is 9.05. The Bertz CT molecular complexity index is 377. The van der Waals surface area contributed by atoms with Crippen LogP contribution in [0.1, 0.15) is 24.8 Å². The molecule has 0 aromatic heterocycles. The molecule has 1 aromatic rings. The number of benzene rings is 1. The molecule has 100 valence electrons. The topological polar surface area (TPSA) is 50.7 Å². The molecule has 4 nitrogen and oxygen atoms in total. The summed E-state index contributed by atoms with van der Waals surface area (Å²) in [7, 11) is 1.61. The summed E-state index contributed by atoms with van der Waals surface area (Å²) in [5, 5.41) is 12.5. The molecule has 0 bridgehead atoms. The summed E-state index contributed by atoms with van der Waals surface area (Å²) >= 11 is 0. The number of hydrogen-bond acceptors (Lipinski definition) is 4. The molecule has 0 radical (unpaired) electrons. The summed E-state index contributed by atoms with van der Waals surface area (Å²) in [4.78, 5) is 0. The van der Waals surface area contributed by atoms with Crippen molar-refractivity contribution in [2.75, 3.05) is 20.3 Å². The van der Waals surface area contributed by atoms with Gasteiger partial charge in [0.15, 0.2) is 11.5 Å². The Labute approximate surface area is 108 Å². The molecular weight excluding hydrogens is 230 g/mol. The van der Waals surface area contributed by atoms with Crippen LogP contribution in [0, 0.1) is 0 Å². The van der Waals surface area contributed by atoms with E-state index in [0.717, 1.165) is 30.3 Å². The highest BCUT2D eigenvalue weighted by molar-refractivity contribution is 5.42. The molecule has 0 unspecified atom stereocenters. The second-order valence-corrected chi connectivity index (χ2v) is 4.57. The van der Waals surface area contributed by atoms with E-state index >= 15 is 0 Å². The van der Waals surface area contributed by atoms with Crippen molar-refractivity contribution in [2.24, 2.45) is 0 Å². The first-order valence-electron chi connectivity index (χ1n) is 6.47. The van der Waals surface area contributed by atoms with Crippen LogP contribution in [-0.4, -0.2) is 31.4 Å². The first-order chi connectivity index (χ1) is 8.83. The summed E-state index contributed by atoms with van der Waals surface area (Å²) in [6.07, 6.45) is 3.62. The zero-order chi connectivity index (χ0) is 12.8. The van der Waals surface area contributed by atoms with Crippen LogP contribution in [0.2, 0.25) is 0 Å². The highest BCUT2D eigenvalue weighted by Crippen LogP contribution is 2.28. The van der Waals surface area contributed by atoms with Gasteiger partial charge in [-0.25, -0.2) is 0 Å². The quantitative estimate of drug-likeness (QED) is 0.691. The minimum atomic E-state index is 0.0158. The van der Waals surface area contributed by atoms with Crippen LogP contribution in [0.5, 0.6) is 11.5 Å². The molecule has 1 aliphatic carbocycles. The average molecular weight is 251 g/mol. The second kappa shape index (κ2) is 6.61. The lowest BCUT2D eigenvalue weighted by atomic mass is 10.2. The largest absolute Gasteiger partial charge is 0.493 e. The van der Waals surface area contributed by atoms with E-state index in [1.165, 1.54) is 12.8 Å². The van der Waals surface area contributed by atoms with E-state index in [1.54, 1.807) is 13.2 Å². The van der Waals surface area contributed by atoms with Crippen molar-refractivity contribution in [2.45, 2.75) is 31.9 Å². The van der Waals surface area contributed by atoms with Crippen LogP contribution >= 0.6 is 0 Å². The lowest BCUT2D eigenvalue weighted by Crippen LogP contribution is -2.19. The standard InChI is InChI=1S/C14H21NO3/c1-17-14-9-11(10-16)3-6-13(14)18-8-2-7-15-12-4-5-12/h3,6,9,12,15-16H,2,4-5,7-8,10H2,1H3. The van der Waals surface area contributed by atoms with Crippen molar-refractivity contribution in [3.8, 4) is 11.5 Å². The van der Waals surface area contributed by atoms with Gasteiger partial charge in [-0.15, -0.1) is 0 Å². The highest BCUT2D eigenvalue weighted by atomic mass is 16.5. The van der Waals surface area contributed by atoms with E-state index in [0.29, 0.717) is 12.4 Å². The number of rotatable bonds is 8. The maximum absolute atomic E-state index is 9.05. The molecule has 1 fully saturated rings. The van der Waals surface area contributed by atoms with E-state index in [1.807, 2.05) is 12.1 Å². The van der Waals surface area contributed by atoms with Crippen molar-refractivity contribution < 1.29 is 14.6 Å². The van der Waals surface area contributed by atoms with E-state index in [9.17, 15) is 0 Å². The van der Waals surface area contributed by atoms with Gasteiger partial charge < -0.3 is 19.9 Å². The van der Waals surface area contributed by atoms with Gasteiger partial charge in [-0.3, -0.25) is 0 Å². The highest BCUT2D eigenvalue weighted by Gasteiger charge is 2.19. The fourth-order valence-corrected chi connectivity index (χ4v) is 1.78. The van der Waals surface area contributed by atoms with Crippen LogP contribution in [0.3, 0.4) is 0 Å². The van der Waals surface area contributed by atoms with Crippen molar-refractivity contribution >= 4 is 0 Å². The van der Waals surface area contributed by atoms with Crippen molar-refractivity contribution in [1.29, 1.82) is 0 Å². The molecule has 0 heterocycles. The predicted octanol–water partition coefficient (Wildman–Crippen LogP) is 1.71. The molecule has 1 saturated carbocycles. The summed E-state index contributed by atoms with van der Waals surface area (Å²) in [5.41, 5.74) is 0.828. The molecule has 0 spiro atoms. The van der Waals surface area contributed by atoms with E-state index in [4.69, 9.17) is 14.6 Å². The lowest BCUT2D eigenvalue weighted by Gasteiger charge is -2.11. The molecule has 1 aliphatic rings. The Morgan fingerprint density at radius 3 is 2.83 bits per heavy atom. The smallest absolute Gasteiger partial charge is 0.161 e. The van der Waals surface area contributed by atoms with Gasteiger partial charge in [0.2, 0.25) is 0 Å². The molecule has 0 aliphatic heterocycles.